The molecule has 1 aromatic rings. The van der Waals surface area contributed by atoms with Gasteiger partial charge in [0.2, 0.25) is 0 Å². The first-order valence-corrected chi connectivity index (χ1v) is 4.15. The third-order valence-corrected chi connectivity index (χ3v) is 2.35. The minimum Gasteiger partial charge on any atom is -0.321 e. The summed E-state index contributed by atoms with van der Waals surface area (Å²) in [6.45, 7) is 0. The molecule has 0 radical (unpaired) electrons. The number of rotatable bonds is 1. The molecule has 12 heavy (non-hydrogen) atoms. The Kier molecular flexibility index (Phi) is 1.54. The molecule has 2 rings (SSSR count). The summed E-state index contributed by atoms with van der Waals surface area (Å²) in [7, 11) is 0. The van der Waals surface area contributed by atoms with Crippen molar-refractivity contribution in [2.24, 2.45) is 0 Å². The van der Waals surface area contributed by atoms with Gasteiger partial charge in [0.05, 0.1) is 10.4 Å². The first-order valence-electron chi connectivity index (χ1n) is 3.27. The van der Waals surface area contributed by atoms with Crippen LogP contribution in [0.2, 0.25) is 0 Å². The van der Waals surface area contributed by atoms with Crippen LogP contribution in [0.25, 0.3) is 0 Å². The molecule has 0 aliphatic carbocycles. The fourth-order valence-electron chi connectivity index (χ4n) is 0.985. The number of nitrogens with one attached hydrogen (secondary N) is 2. The van der Waals surface area contributed by atoms with Crippen molar-refractivity contribution >= 4 is 23.3 Å². The fraction of sp³-hybridized carbons (Fsp3) is 0.167. The molecular formula is C6H5N3O2S. The van der Waals surface area contributed by atoms with E-state index in [0.717, 1.165) is 4.88 Å². The zero-order chi connectivity index (χ0) is 8.55. The highest BCUT2D eigenvalue weighted by Crippen LogP contribution is 2.19. The number of amides is 3. The normalized spacial score (nSPS) is 22.2. The van der Waals surface area contributed by atoms with Gasteiger partial charge >= 0.3 is 6.03 Å². The van der Waals surface area contributed by atoms with Gasteiger partial charge in [-0.3, -0.25) is 15.1 Å². The molecule has 1 saturated heterocycles. The predicted molar refractivity (Wildman–Crippen MR) is 41.5 cm³/mol. The number of hydrogen-bond acceptors (Lipinski definition) is 4. The molecule has 1 aliphatic heterocycles. The van der Waals surface area contributed by atoms with E-state index in [2.05, 4.69) is 15.6 Å². The van der Waals surface area contributed by atoms with E-state index in [9.17, 15) is 9.59 Å². The van der Waals surface area contributed by atoms with Crippen molar-refractivity contribution in [3.05, 3.63) is 16.6 Å². The Bertz CT molecular complexity index is 322. The number of imide groups is 1. The van der Waals surface area contributed by atoms with E-state index in [1.54, 1.807) is 11.7 Å². The molecule has 1 aliphatic rings. The van der Waals surface area contributed by atoms with Gasteiger partial charge in [0.15, 0.2) is 0 Å². The quantitative estimate of drug-likeness (QED) is 0.603. The van der Waals surface area contributed by atoms with Crippen molar-refractivity contribution in [1.82, 2.24) is 15.6 Å². The van der Waals surface area contributed by atoms with Crippen molar-refractivity contribution in [2.45, 2.75) is 6.04 Å². The van der Waals surface area contributed by atoms with Crippen LogP contribution in [0.3, 0.4) is 0 Å². The van der Waals surface area contributed by atoms with Crippen LogP contribution in [0.4, 0.5) is 4.79 Å². The highest BCUT2D eigenvalue weighted by molar-refractivity contribution is 7.09. The number of nitrogens with zero attached hydrogens (tertiary/aromatic N) is 1. The lowest BCUT2D eigenvalue weighted by Gasteiger charge is -2.00. The van der Waals surface area contributed by atoms with Crippen LogP contribution in [0.5, 0.6) is 0 Å². The third kappa shape index (κ3) is 1.06. The molecule has 0 aromatic carbocycles. The second-order valence-corrected chi connectivity index (χ2v) is 3.22. The number of thiazole rings is 1. The van der Waals surface area contributed by atoms with Gasteiger partial charge in [-0.05, 0) is 0 Å². The largest absolute Gasteiger partial charge is 0.322 e. The molecule has 0 saturated carbocycles. The van der Waals surface area contributed by atoms with Crippen LogP contribution in [-0.4, -0.2) is 16.9 Å². The monoisotopic (exact) mass is 183 g/mol. The number of carbonyl (C=O) groups excluding carboxylic acids is 2. The van der Waals surface area contributed by atoms with Crippen LogP contribution < -0.4 is 10.6 Å². The van der Waals surface area contributed by atoms with Gasteiger partial charge in [0, 0.05) is 6.20 Å². The summed E-state index contributed by atoms with van der Waals surface area (Å²) in [6.07, 6.45) is 1.57. The SMILES string of the molecule is O=C1NC(=O)C(c2cncs2)N1. The minimum atomic E-state index is -0.551. The lowest BCUT2D eigenvalue weighted by Crippen LogP contribution is -2.22. The van der Waals surface area contributed by atoms with Crippen molar-refractivity contribution in [2.75, 3.05) is 0 Å². The smallest absolute Gasteiger partial charge is 0.321 e. The molecule has 1 unspecified atom stereocenters. The van der Waals surface area contributed by atoms with Gasteiger partial charge < -0.3 is 5.32 Å². The van der Waals surface area contributed by atoms with Crippen LogP contribution in [0.1, 0.15) is 10.9 Å². The van der Waals surface area contributed by atoms with Crippen LogP contribution in [0, 0.1) is 0 Å². The van der Waals surface area contributed by atoms with Crippen molar-refractivity contribution < 1.29 is 9.59 Å². The maximum atomic E-state index is 11.1. The molecule has 2 heterocycles. The summed E-state index contributed by atoms with van der Waals surface area (Å²) < 4.78 is 0. The van der Waals surface area contributed by atoms with Crippen molar-refractivity contribution in [1.29, 1.82) is 0 Å². The average molecular weight is 183 g/mol. The zero-order valence-electron chi connectivity index (χ0n) is 5.90. The third-order valence-electron chi connectivity index (χ3n) is 1.51. The molecule has 6 heteroatoms. The van der Waals surface area contributed by atoms with E-state index in [-0.39, 0.29) is 5.91 Å². The van der Waals surface area contributed by atoms with Gasteiger partial charge in [-0.2, -0.15) is 0 Å². The Labute approximate surface area is 71.8 Å². The summed E-state index contributed by atoms with van der Waals surface area (Å²) in [5, 5.41) is 4.62. The Morgan fingerprint density at radius 1 is 1.50 bits per heavy atom. The molecule has 5 nitrogen and oxygen atoms in total. The van der Waals surface area contributed by atoms with E-state index in [1.807, 2.05) is 0 Å². The predicted octanol–water partition coefficient (Wildman–Crippen LogP) is 0.0236. The zero-order valence-corrected chi connectivity index (χ0v) is 6.72. The highest BCUT2D eigenvalue weighted by Gasteiger charge is 2.31. The van der Waals surface area contributed by atoms with Gasteiger partial charge in [0.25, 0.3) is 5.91 Å². The Hall–Kier alpha value is -1.43. The van der Waals surface area contributed by atoms with Gasteiger partial charge in [0.1, 0.15) is 6.04 Å². The topological polar surface area (TPSA) is 71.1 Å². The van der Waals surface area contributed by atoms with Crippen LogP contribution in [-0.2, 0) is 4.79 Å². The Balaban J connectivity index is 2.26. The first-order chi connectivity index (χ1) is 5.77. The number of hydrogen-bond donors (Lipinski definition) is 2. The second-order valence-electron chi connectivity index (χ2n) is 2.30. The van der Waals surface area contributed by atoms with E-state index >= 15 is 0 Å². The Morgan fingerprint density at radius 3 is 2.83 bits per heavy atom. The van der Waals surface area contributed by atoms with E-state index in [1.165, 1.54) is 11.3 Å². The Morgan fingerprint density at radius 2 is 2.33 bits per heavy atom. The number of urea groups is 1. The summed E-state index contributed by atoms with van der Waals surface area (Å²) in [4.78, 5) is 26.3. The fourth-order valence-corrected chi connectivity index (χ4v) is 1.65. The highest BCUT2D eigenvalue weighted by atomic mass is 32.1. The van der Waals surface area contributed by atoms with Gasteiger partial charge in [-0.15, -0.1) is 11.3 Å². The van der Waals surface area contributed by atoms with Crippen molar-refractivity contribution in [3.63, 3.8) is 0 Å². The molecule has 2 N–H and O–H groups in total. The lowest BCUT2D eigenvalue weighted by molar-refractivity contribution is -0.120. The summed E-state index contributed by atoms with van der Waals surface area (Å²) in [5.74, 6) is -0.316. The summed E-state index contributed by atoms with van der Waals surface area (Å²) >= 11 is 1.34. The maximum Gasteiger partial charge on any atom is 0.322 e. The van der Waals surface area contributed by atoms with E-state index in [0.29, 0.717) is 0 Å². The molecule has 1 atom stereocenters. The molecule has 3 amide bonds. The van der Waals surface area contributed by atoms with E-state index in [4.69, 9.17) is 0 Å². The maximum absolute atomic E-state index is 11.1. The molecule has 1 aromatic heterocycles. The standard InChI is InChI=1S/C6H5N3O2S/c10-5-4(8-6(11)9-5)3-1-7-2-12-3/h1-2,4H,(H2,8,9,10,11). The molecular weight excluding hydrogens is 178 g/mol. The minimum absolute atomic E-state index is 0.316. The first kappa shape index (κ1) is 7.23. The number of carbonyl (C=O) groups is 2. The summed E-state index contributed by atoms with van der Waals surface area (Å²) in [6, 6.07) is -0.997. The van der Waals surface area contributed by atoms with Crippen LogP contribution >= 0.6 is 11.3 Å². The van der Waals surface area contributed by atoms with Crippen molar-refractivity contribution in [3.8, 4) is 0 Å². The molecule has 1 fully saturated rings. The van der Waals surface area contributed by atoms with Gasteiger partial charge in [-0.25, -0.2) is 4.79 Å². The molecule has 0 spiro atoms. The number of aromatic nitrogens is 1. The molecule has 62 valence electrons. The summed E-state index contributed by atoms with van der Waals surface area (Å²) in [5.41, 5.74) is 1.62. The second kappa shape index (κ2) is 2.56. The molecule has 0 bridgehead atoms. The average Bonchev–Trinajstić information content (AvgIpc) is 2.58. The van der Waals surface area contributed by atoms with Crippen LogP contribution in [0.15, 0.2) is 11.7 Å². The lowest BCUT2D eigenvalue weighted by atomic mass is 10.3. The van der Waals surface area contributed by atoms with Gasteiger partial charge in [-0.1, -0.05) is 0 Å². The van der Waals surface area contributed by atoms with E-state index < -0.39 is 12.1 Å².